The zero-order chi connectivity index (χ0) is 16.3. The summed E-state index contributed by atoms with van der Waals surface area (Å²) in [5, 5.41) is 9.90. The van der Waals surface area contributed by atoms with Crippen molar-refractivity contribution in [2.45, 2.75) is 50.9 Å². The number of hydrogen-bond acceptors (Lipinski definition) is 4. The topological polar surface area (TPSA) is 65.0 Å². The van der Waals surface area contributed by atoms with Gasteiger partial charge in [-0.15, -0.1) is 0 Å². The zero-order valence-electron chi connectivity index (χ0n) is 13.5. The van der Waals surface area contributed by atoms with Crippen LogP contribution in [0.25, 0.3) is 0 Å². The molecule has 1 aromatic rings. The van der Waals surface area contributed by atoms with Crippen molar-refractivity contribution in [1.82, 2.24) is 0 Å². The van der Waals surface area contributed by atoms with Crippen LogP contribution in [-0.4, -0.2) is 36.2 Å². The Morgan fingerprint density at radius 1 is 1.39 bits per heavy atom. The molecule has 126 valence electrons. The van der Waals surface area contributed by atoms with E-state index < -0.39 is 11.6 Å². The Kier molecular flexibility index (Phi) is 4.87. The molecule has 1 saturated heterocycles. The van der Waals surface area contributed by atoms with Crippen molar-refractivity contribution in [3.63, 3.8) is 0 Å². The van der Waals surface area contributed by atoms with Gasteiger partial charge in [-0.05, 0) is 43.7 Å². The van der Waals surface area contributed by atoms with Crippen LogP contribution in [0.1, 0.15) is 38.2 Å². The number of carboxylic acid groups (broad SMARTS) is 1. The smallest absolute Gasteiger partial charge is 0.350 e. The lowest BCUT2D eigenvalue weighted by Gasteiger charge is -2.41. The van der Waals surface area contributed by atoms with Gasteiger partial charge in [0.25, 0.3) is 0 Å². The third-order valence-electron chi connectivity index (χ3n) is 4.87. The number of hydrogen-bond donors (Lipinski definition) is 1. The summed E-state index contributed by atoms with van der Waals surface area (Å²) < 4.78 is 17.4. The summed E-state index contributed by atoms with van der Waals surface area (Å²) in [4.78, 5) is 12.1. The van der Waals surface area contributed by atoms with E-state index in [0.29, 0.717) is 18.8 Å². The molecule has 0 bridgehead atoms. The minimum Gasteiger partial charge on any atom is -0.478 e. The highest BCUT2D eigenvalue weighted by atomic mass is 16.7. The minimum absolute atomic E-state index is 0.0137. The van der Waals surface area contributed by atoms with Gasteiger partial charge in [-0.2, -0.15) is 0 Å². The lowest BCUT2D eigenvalue weighted by molar-refractivity contribution is -0.206. The highest BCUT2D eigenvalue weighted by Crippen LogP contribution is 2.39. The number of rotatable bonds is 5. The molecule has 3 atom stereocenters. The van der Waals surface area contributed by atoms with Gasteiger partial charge in [0, 0.05) is 12.5 Å². The maximum Gasteiger partial charge on any atom is 0.350 e. The Bertz CT molecular complexity index is 552. The van der Waals surface area contributed by atoms with Gasteiger partial charge in [-0.3, -0.25) is 0 Å². The van der Waals surface area contributed by atoms with E-state index >= 15 is 0 Å². The van der Waals surface area contributed by atoms with Gasteiger partial charge in [-0.25, -0.2) is 4.79 Å². The molecule has 0 saturated carbocycles. The quantitative estimate of drug-likeness (QED) is 0.903. The van der Waals surface area contributed by atoms with Crippen molar-refractivity contribution >= 4 is 5.97 Å². The van der Waals surface area contributed by atoms with Gasteiger partial charge < -0.3 is 19.3 Å². The van der Waals surface area contributed by atoms with E-state index in [4.69, 9.17) is 14.2 Å². The largest absolute Gasteiger partial charge is 0.478 e. The first-order chi connectivity index (χ1) is 11.2. The van der Waals surface area contributed by atoms with E-state index in [1.807, 2.05) is 31.2 Å². The standard InChI is InChI=1S/C18H24O5/c1-2-14-11-13-7-3-4-8-15(13)23-18(14,17(19)20)12-22-16-9-5-6-10-21-16/h3-4,7-8,14,16H,2,5-6,9-12H2,1H3,(H,19,20). The first-order valence-electron chi connectivity index (χ1n) is 8.39. The molecule has 0 aromatic heterocycles. The van der Waals surface area contributed by atoms with Crippen LogP contribution in [-0.2, 0) is 20.7 Å². The number of aliphatic carboxylic acids is 1. The number of fused-ring (bicyclic) bond motifs is 1. The Balaban J connectivity index is 1.81. The summed E-state index contributed by atoms with van der Waals surface area (Å²) in [6.07, 6.45) is 3.97. The fraction of sp³-hybridized carbons (Fsp3) is 0.611. The Morgan fingerprint density at radius 2 is 2.22 bits per heavy atom. The summed E-state index contributed by atoms with van der Waals surface area (Å²) >= 11 is 0. The number of carboxylic acids is 1. The van der Waals surface area contributed by atoms with Crippen LogP contribution < -0.4 is 4.74 Å². The second-order valence-corrected chi connectivity index (χ2v) is 6.32. The van der Waals surface area contributed by atoms with E-state index in [0.717, 1.165) is 31.2 Å². The molecule has 1 N–H and O–H groups in total. The van der Waals surface area contributed by atoms with Crippen molar-refractivity contribution in [1.29, 1.82) is 0 Å². The molecule has 1 fully saturated rings. The van der Waals surface area contributed by atoms with Crippen molar-refractivity contribution < 1.29 is 24.1 Å². The summed E-state index contributed by atoms with van der Waals surface area (Å²) in [6.45, 7) is 2.68. The van der Waals surface area contributed by atoms with Gasteiger partial charge in [-0.1, -0.05) is 25.1 Å². The van der Waals surface area contributed by atoms with E-state index in [9.17, 15) is 9.90 Å². The number of ether oxygens (including phenoxy) is 3. The fourth-order valence-corrected chi connectivity index (χ4v) is 3.44. The van der Waals surface area contributed by atoms with Gasteiger partial charge in [0.15, 0.2) is 6.29 Å². The summed E-state index contributed by atoms with van der Waals surface area (Å²) in [6, 6.07) is 7.64. The van der Waals surface area contributed by atoms with Crippen LogP contribution >= 0.6 is 0 Å². The van der Waals surface area contributed by atoms with Crippen LogP contribution in [0.15, 0.2) is 24.3 Å². The predicted molar refractivity (Wildman–Crippen MR) is 84.5 cm³/mol. The molecule has 0 radical (unpaired) electrons. The van der Waals surface area contributed by atoms with Crippen LogP contribution in [0.3, 0.4) is 0 Å². The summed E-state index contributed by atoms with van der Waals surface area (Å²) in [5.74, 6) is -0.444. The van der Waals surface area contributed by atoms with Crippen molar-refractivity contribution in [2.24, 2.45) is 5.92 Å². The normalized spacial score (nSPS) is 30.3. The lowest BCUT2D eigenvalue weighted by Crippen LogP contribution is -2.57. The Labute approximate surface area is 136 Å². The average Bonchev–Trinajstić information content (AvgIpc) is 2.59. The van der Waals surface area contributed by atoms with Crippen LogP contribution in [0.5, 0.6) is 5.75 Å². The molecule has 23 heavy (non-hydrogen) atoms. The van der Waals surface area contributed by atoms with Crippen molar-refractivity contribution in [3.8, 4) is 5.75 Å². The molecule has 3 unspecified atom stereocenters. The van der Waals surface area contributed by atoms with Crippen molar-refractivity contribution in [3.05, 3.63) is 29.8 Å². The minimum atomic E-state index is -1.34. The second-order valence-electron chi connectivity index (χ2n) is 6.32. The SMILES string of the molecule is CCC1Cc2ccccc2OC1(COC1CCCCO1)C(=O)O. The van der Waals surface area contributed by atoms with Crippen LogP contribution in [0.4, 0.5) is 0 Å². The second kappa shape index (κ2) is 6.89. The van der Waals surface area contributed by atoms with Crippen molar-refractivity contribution in [2.75, 3.05) is 13.2 Å². The highest BCUT2D eigenvalue weighted by Gasteiger charge is 2.51. The van der Waals surface area contributed by atoms with E-state index in [1.165, 1.54) is 0 Å². The van der Waals surface area contributed by atoms with Gasteiger partial charge in [0.05, 0.1) is 0 Å². The van der Waals surface area contributed by atoms with E-state index in [2.05, 4.69) is 0 Å². The van der Waals surface area contributed by atoms with Crippen LogP contribution in [0.2, 0.25) is 0 Å². The summed E-state index contributed by atoms with van der Waals surface area (Å²) in [5.41, 5.74) is -0.283. The first kappa shape index (κ1) is 16.3. The molecular weight excluding hydrogens is 296 g/mol. The third kappa shape index (κ3) is 3.21. The summed E-state index contributed by atoms with van der Waals surface area (Å²) in [7, 11) is 0. The number of carbonyl (C=O) groups is 1. The number of benzene rings is 1. The molecule has 1 aromatic carbocycles. The van der Waals surface area contributed by atoms with Crippen LogP contribution in [0, 0.1) is 5.92 Å². The maximum atomic E-state index is 12.1. The monoisotopic (exact) mass is 320 g/mol. The average molecular weight is 320 g/mol. The Morgan fingerprint density at radius 3 is 2.91 bits per heavy atom. The van der Waals surface area contributed by atoms with E-state index in [-0.39, 0.29) is 18.8 Å². The maximum absolute atomic E-state index is 12.1. The molecular formula is C18H24O5. The van der Waals surface area contributed by atoms with Gasteiger partial charge in [0.1, 0.15) is 12.4 Å². The zero-order valence-corrected chi connectivity index (χ0v) is 13.5. The van der Waals surface area contributed by atoms with Gasteiger partial charge >= 0.3 is 5.97 Å². The molecule has 5 nitrogen and oxygen atoms in total. The number of para-hydroxylation sites is 1. The molecule has 2 aliphatic heterocycles. The molecule has 3 rings (SSSR count). The highest BCUT2D eigenvalue weighted by molar-refractivity contribution is 5.79. The fourth-order valence-electron chi connectivity index (χ4n) is 3.44. The molecule has 5 heteroatoms. The lowest BCUT2D eigenvalue weighted by atomic mass is 9.78. The van der Waals surface area contributed by atoms with Gasteiger partial charge in [0.2, 0.25) is 5.60 Å². The predicted octanol–water partition coefficient (Wildman–Crippen LogP) is 3.01. The van der Waals surface area contributed by atoms with E-state index in [1.54, 1.807) is 0 Å². The first-order valence-corrected chi connectivity index (χ1v) is 8.39. The Hall–Kier alpha value is -1.59. The molecule has 2 heterocycles. The molecule has 0 spiro atoms. The molecule has 2 aliphatic rings. The molecule has 0 aliphatic carbocycles. The third-order valence-corrected chi connectivity index (χ3v) is 4.87. The molecule has 0 amide bonds.